The second-order valence-corrected chi connectivity index (χ2v) is 6.28. The van der Waals surface area contributed by atoms with Crippen LogP contribution in [-0.2, 0) is 4.79 Å². The van der Waals surface area contributed by atoms with E-state index in [1.54, 1.807) is 24.3 Å². The van der Waals surface area contributed by atoms with Crippen LogP contribution in [0.1, 0.15) is 36.2 Å². The molecule has 26 heavy (non-hydrogen) atoms. The Morgan fingerprint density at radius 2 is 1.81 bits per heavy atom. The van der Waals surface area contributed by atoms with E-state index in [0.29, 0.717) is 16.8 Å². The lowest BCUT2D eigenvalue weighted by Crippen LogP contribution is -2.32. The summed E-state index contributed by atoms with van der Waals surface area (Å²) in [7, 11) is 0. The van der Waals surface area contributed by atoms with E-state index in [1.807, 2.05) is 44.2 Å². The van der Waals surface area contributed by atoms with Gasteiger partial charge in [0.25, 0.3) is 11.8 Å². The van der Waals surface area contributed by atoms with Gasteiger partial charge in [-0.1, -0.05) is 37.3 Å². The Bertz CT molecular complexity index is 858. The van der Waals surface area contributed by atoms with Gasteiger partial charge in [-0.2, -0.15) is 0 Å². The molecule has 5 nitrogen and oxygen atoms in total. The fraction of sp³-hybridized carbons (Fsp3) is 0.238. The van der Waals surface area contributed by atoms with Crippen LogP contribution in [-0.4, -0.2) is 24.5 Å². The lowest BCUT2D eigenvalue weighted by Gasteiger charge is -2.18. The van der Waals surface area contributed by atoms with Crippen LogP contribution in [0.5, 0.6) is 5.75 Å². The third kappa shape index (κ3) is 3.94. The molecule has 1 aliphatic rings. The number of benzene rings is 2. The maximum Gasteiger partial charge on any atom is 0.255 e. The molecular weight excluding hydrogens is 328 g/mol. The Morgan fingerprint density at radius 3 is 2.62 bits per heavy atom. The highest BCUT2D eigenvalue weighted by Gasteiger charge is 2.19. The maximum atomic E-state index is 12.6. The molecule has 0 fully saturated rings. The molecule has 0 saturated carbocycles. The molecule has 0 saturated heterocycles. The van der Waals surface area contributed by atoms with Crippen molar-refractivity contribution in [2.45, 2.75) is 26.3 Å². The third-order valence-electron chi connectivity index (χ3n) is 4.33. The molecule has 1 heterocycles. The largest absolute Gasteiger partial charge is 0.488 e. The average Bonchev–Trinajstić information content (AvgIpc) is 2.67. The number of hydrogen-bond acceptors (Lipinski definition) is 3. The molecule has 0 radical (unpaired) electrons. The molecule has 134 valence electrons. The summed E-state index contributed by atoms with van der Waals surface area (Å²) in [6.07, 6.45) is 2.65. The van der Waals surface area contributed by atoms with Gasteiger partial charge in [-0.25, -0.2) is 0 Å². The number of ether oxygens (including phenoxy) is 1. The monoisotopic (exact) mass is 350 g/mol. The first-order valence-electron chi connectivity index (χ1n) is 8.72. The molecule has 2 aromatic carbocycles. The van der Waals surface area contributed by atoms with Crippen molar-refractivity contribution in [3.63, 3.8) is 0 Å². The fourth-order valence-corrected chi connectivity index (χ4v) is 2.64. The van der Waals surface area contributed by atoms with Gasteiger partial charge < -0.3 is 15.4 Å². The first-order chi connectivity index (χ1) is 12.6. The molecule has 1 atom stereocenters. The van der Waals surface area contributed by atoms with E-state index < -0.39 is 0 Å². The summed E-state index contributed by atoms with van der Waals surface area (Å²) in [4.78, 5) is 25.1. The van der Waals surface area contributed by atoms with E-state index in [2.05, 4.69) is 10.6 Å². The average molecular weight is 350 g/mol. The second kappa shape index (κ2) is 7.87. The van der Waals surface area contributed by atoms with Crippen molar-refractivity contribution in [3.05, 3.63) is 65.2 Å². The molecule has 0 aromatic heterocycles. The normalized spacial score (nSPS) is 13.7. The van der Waals surface area contributed by atoms with Gasteiger partial charge >= 0.3 is 0 Å². The molecule has 5 heteroatoms. The number of carbonyl (C=O) groups is 2. The summed E-state index contributed by atoms with van der Waals surface area (Å²) in [6.45, 7) is 4.15. The summed E-state index contributed by atoms with van der Waals surface area (Å²) in [5, 5.41) is 5.76. The van der Waals surface area contributed by atoms with E-state index in [0.717, 1.165) is 17.7 Å². The summed E-state index contributed by atoms with van der Waals surface area (Å²) >= 11 is 0. The van der Waals surface area contributed by atoms with Crippen LogP contribution in [0.25, 0.3) is 6.08 Å². The molecule has 0 spiro atoms. The first kappa shape index (κ1) is 17.7. The van der Waals surface area contributed by atoms with Gasteiger partial charge in [-0.05, 0) is 37.6 Å². The van der Waals surface area contributed by atoms with Crippen molar-refractivity contribution in [2.75, 3.05) is 11.9 Å². The van der Waals surface area contributed by atoms with Crippen molar-refractivity contribution >= 4 is 23.6 Å². The summed E-state index contributed by atoms with van der Waals surface area (Å²) in [6, 6.07) is 14.6. The standard InChI is InChI=1S/C21H22N2O3/c1-3-14(2)22-21(25)17-9-5-6-10-18(17)23-20(24)16-12-15-8-4-7-11-19(15)26-13-16/h4-12,14H,3,13H2,1-2H3,(H,22,25)(H,23,24). The zero-order valence-corrected chi connectivity index (χ0v) is 14.9. The number of hydrogen-bond donors (Lipinski definition) is 2. The molecular formula is C21H22N2O3. The number of carbonyl (C=O) groups excluding carboxylic acids is 2. The summed E-state index contributed by atoms with van der Waals surface area (Å²) < 4.78 is 5.63. The minimum atomic E-state index is -0.275. The number of anilines is 1. The molecule has 0 aliphatic carbocycles. The van der Waals surface area contributed by atoms with Crippen molar-refractivity contribution in [3.8, 4) is 5.75 Å². The number of para-hydroxylation sites is 2. The van der Waals surface area contributed by atoms with Crippen molar-refractivity contribution in [1.82, 2.24) is 5.32 Å². The van der Waals surface area contributed by atoms with Gasteiger partial charge in [0.15, 0.2) is 0 Å². The van der Waals surface area contributed by atoms with E-state index in [-0.39, 0.29) is 24.5 Å². The molecule has 0 bridgehead atoms. The van der Waals surface area contributed by atoms with Gasteiger partial charge in [0.05, 0.1) is 16.8 Å². The number of amides is 2. The predicted octanol–water partition coefficient (Wildman–Crippen LogP) is 3.63. The lowest BCUT2D eigenvalue weighted by atomic mass is 10.1. The van der Waals surface area contributed by atoms with Crippen LogP contribution in [0, 0.1) is 0 Å². The Balaban J connectivity index is 1.78. The maximum absolute atomic E-state index is 12.6. The van der Waals surface area contributed by atoms with Crippen LogP contribution in [0.3, 0.4) is 0 Å². The number of fused-ring (bicyclic) bond motifs is 1. The van der Waals surface area contributed by atoms with Gasteiger partial charge in [0.1, 0.15) is 12.4 Å². The van der Waals surface area contributed by atoms with Gasteiger partial charge in [0.2, 0.25) is 0 Å². The molecule has 2 N–H and O–H groups in total. The smallest absolute Gasteiger partial charge is 0.255 e. The highest BCUT2D eigenvalue weighted by atomic mass is 16.5. The summed E-state index contributed by atoms with van der Waals surface area (Å²) in [5.74, 6) is 0.287. The SMILES string of the molecule is CCC(C)NC(=O)c1ccccc1NC(=O)C1=Cc2ccccc2OC1. The van der Waals surface area contributed by atoms with Crippen molar-refractivity contribution in [1.29, 1.82) is 0 Å². The zero-order valence-electron chi connectivity index (χ0n) is 14.9. The van der Waals surface area contributed by atoms with Crippen LogP contribution in [0.2, 0.25) is 0 Å². The number of rotatable bonds is 5. The summed E-state index contributed by atoms with van der Waals surface area (Å²) in [5.41, 5.74) is 2.31. The van der Waals surface area contributed by atoms with E-state index in [9.17, 15) is 9.59 Å². The Labute approximate surface area is 153 Å². The van der Waals surface area contributed by atoms with Crippen LogP contribution in [0.4, 0.5) is 5.69 Å². The van der Waals surface area contributed by atoms with E-state index in [1.165, 1.54) is 0 Å². The van der Waals surface area contributed by atoms with Crippen molar-refractivity contribution in [2.24, 2.45) is 0 Å². The first-order valence-corrected chi connectivity index (χ1v) is 8.72. The lowest BCUT2D eigenvalue weighted by molar-refractivity contribution is -0.113. The highest BCUT2D eigenvalue weighted by Crippen LogP contribution is 2.26. The Kier molecular flexibility index (Phi) is 5.37. The van der Waals surface area contributed by atoms with Gasteiger partial charge in [-0.3, -0.25) is 9.59 Å². The Hall–Kier alpha value is -3.08. The predicted molar refractivity (Wildman–Crippen MR) is 102 cm³/mol. The van der Waals surface area contributed by atoms with Gasteiger partial charge in [-0.15, -0.1) is 0 Å². The molecule has 1 aliphatic heterocycles. The van der Waals surface area contributed by atoms with Crippen LogP contribution >= 0.6 is 0 Å². The quantitative estimate of drug-likeness (QED) is 0.865. The Morgan fingerprint density at radius 1 is 1.08 bits per heavy atom. The van der Waals surface area contributed by atoms with Crippen LogP contribution in [0.15, 0.2) is 54.1 Å². The fourth-order valence-electron chi connectivity index (χ4n) is 2.64. The van der Waals surface area contributed by atoms with Crippen molar-refractivity contribution < 1.29 is 14.3 Å². The molecule has 1 unspecified atom stereocenters. The topological polar surface area (TPSA) is 67.4 Å². The zero-order chi connectivity index (χ0) is 18.5. The third-order valence-corrected chi connectivity index (χ3v) is 4.33. The minimum Gasteiger partial charge on any atom is -0.488 e. The molecule has 2 amide bonds. The molecule has 3 rings (SSSR count). The van der Waals surface area contributed by atoms with E-state index >= 15 is 0 Å². The molecule has 2 aromatic rings. The second-order valence-electron chi connectivity index (χ2n) is 6.28. The number of nitrogens with one attached hydrogen (secondary N) is 2. The van der Waals surface area contributed by atoms with Crippen LogP contribution < -0.4 is 15.4 Å². The van der Waals surface area contributed by atoms with E-state index in [4.69, 9.17) is 4.74 Å². The minimum absolute atomic E-state index is 0.0669. The highest BCUT2D eigenvalue weighted by molar-refractivity contribution is 6.11. The van der Waals surface area contributed by atoms with Gasteiger partial charge in [0, 0.05) is 11.6 Å².